The zero-order valence-electron chi connectivity index (χ0n) is 8.73. The Morgan fingerprint density at radius 1 is 1.47 bits per heavy atom. The third-order valence-corrected chi connectivity index (χ3v) is 2.89. The Balaban J connectivity index is 2.75. The zero-order chi connectivity index (χ0) is 11.0. The molecule has 0 spiro atoms. The van der Waals surface area contributed by atoms with Gasteiger partial charge in [-0.2, -0.15) is 0 Å². The molecule has 1 heterocycles. The standard InChI is InChI=1S/C11H13ClN2O/c1-6-8(5-13)7-3-9(12)11(15-2)4-10(7)14-6/h3-4,14H,5,13H2,1-2H3. The summed E-state index contributed by atoms with van der Waals surface area (Å²) in [5.74, 6) is 0.675. The zero-order valence-corrected chi connectivity index (χ0v) is 9.48. The molecule has 0 atom stereocenters. The summed E-state index contributed by atoms with van der Waals surface area (Å²) in [5, 5.41) is 1.68. The molecular formula is C11H13ClN2O. The van der Waals surface area contributed by atoms with Crippen molar-refractivity contribution in [2.24, 2.45) is 5.73 Å². The molecule has 0 amide bonds. The largest absolute Gasteiger partial charge is 0.495 e. The molecule has 0 fully saturated rings. The van der Waals surface area contributed by atoms with E-state index in [9.17, 15) is 0 Å². The van der Waals surface area contributed by atoms with E-state index >= 15 is 0 Å². The van der Waals surface area contributed by atoms with Crippen LogP contribution in [0, 0.1) is 6.92 Å². The highest BCUT2D eigenvalue weighted by atomic mass is 35.5. The SMILES string of the molecule is COc1cc2[nH]c(C)c(CN)c2cc1Cl. The molecule has 0 saturated carbocycles. The number of ether oxygens (including phenoxy) is 1. The maximum Gasteiger partial charge on any atom is 0.139 e. The van der Waals surface area contributed by atoms with Gasteiger partial charge in [0, 0.05) is 29.2 Å². The molecular weight excluding hydrogens is 212 g/mol. The molecule has 80 valence electrons. The molecule has 0 radical (unpaired) electrons. The predicted octanol–water partition coefficient (Wildman–Crippen LogP) is 2.60. The fourth-order valence-electron chi connectivity index (χ4n) is 1.81. The Labute approximate surface area is 93.2 Å². The van der Waals surface area contributed by atoms with Crippen LogP contribution < -0.4 is 10.5 Å². The predicted molar refractivity (Wildman–Crippen MR) is 62.5 cm³/mol. The Hall–Kier alpha value is -1.19. The van der Waals surface area contributed by atoms with E-state index in [0.29, 0.717) is 17.3 Å². The molecule has 4 heteroatoms. The van der Waals surface area contributed by atoms with Crippen LogP contribution in [0.25, 0.3) is 10.9 Å². The van der Waals surface area contributed by atoms with Crippen LogP contribution >= 0.6 is 11.6 Å². The molecule has 1 aromatic heterocycles. The van der Waals surface area contributed by atoms with Crippen LogP contribution in [0.3, 0.4) is 0 Å². The number of hydrogen-bond acceptors (Lipinski definition) is 2. The van der Waals surface area contributed by atoms with Gasteiger partial charge in [0.15, 0.2) is 0 Å². The molecule has 1 aromatic carbocycles. The molecule has 0 bridgehead atoms. The summed E-state index contributed by atoms with van der Waals surface area (Å²) in [6.45, 7) is 2.51. The smallest absolute Gasteiger partial charge is 0.139 e. The number of H-pyrrole nitrogens is 1. The van der Waals surface area contributed by atoms with E-state index in [1.165, 1.54) is 0 Å². The first-order chi connectivity index (χ1) is 7.17. The van der Waals surface area contributed by atoms with E-state index < -0.39 is 0 Å². The molecule has 3 N–H and O–H groups in total. The highest BCUT2D eigenvalue weighted by Gasteiger charge is 2.10. The fourth-order valence-corrected chi connectivity index (χ4v) is 2.05. The lowest BCUT2D eigenvalue weighted by atomic mass is 10.1. The molecule has 0 aliphatic carbocycles. The van der Waals surface area contributed by atoms with E-state index in [1.807, 2.05) is 19.1 Å². The minimum Gasteiger partial charge on any atom is -0.495 e. The van der Waals surface area contributed by atoms with Crippen molar-refractivity contribution in [3.63, 3.8) is 0 Å². The first-order valence-corrected chi connectivity index (χ1v) is 5.10. The van der Waals surface area contributed by atoms with Gasteiger partial charge in [0.1, 0.15) is 5.75 Å². The van der Waals surface area contributed by atoms with E-state index in [-0.39, 0.29) is 0 Å². The molecule has 0 aliphatic rings. The topological polar surface area (TPSA) is 51.0 Å². The number of fused-ring (bicyclic) bond motifs is 1. The van der Waals surface area contributed by atoms with Gasteiger partial charge in [0.05, 0.1) is 12.1 Å². The first kappa shape index (κ1) is 10.3. The van der Waals surface area contributed by atoms with Crippen LogP contribution in [-0.2, 0) is 6.54 Å². The molecule has 3 nitrogen and oxygen atoms in total. The van der Waals surface area contributed by atoms with Crippen molar-refractivity contribution < 1.29 is 4.74 Å². The van der Waals surface area contributed by atoms with Crippen LogP contribution in [-0.4, -0.2) is 12.1 Å². The number of methoxy groups -OCH3 is 1. The summed E-state index contributed by atoms with van der Waals surface area (Å²) in [7, 11) is 1.60. The van der Waals surface area contributed by atoms with Gasteiger partial charge >= 0.3 is 0 Å². The van der Waals surface area contributed by atoms with Crippen LogP contribution in [0.1, 0.15) is 11.3 Å². The van der Waals surface area contributed by atoms with Crippen molar-refractivity contribution in [2.45, 2.75) is 13.5 Å². The van der Waals surface area contributed by atoms with Gasteiger partial charge in [-0.3, -0.25) is 0 Å². The van der Waals surface area contributed by atoms with Gasteiger partial charge in [-0.05, 0) is 18.6 Å². The molecule has 2 aromatic rings. The quantitative estimate of drug-likeness (QED) is 0.824. The van der Waals surface area contributed by atoms with Gasteiger partial charge in [0.25, 0.3) is 0 Å². The number of aryl methyl sites for hydroxylation is 1. The Morgan fingerprint density at radius 2 is 2.20 bits per heavy atom. The Morgan fingerprint density at radius 3 is 2.80 bits per heavy atom. The summed E-state index contributed by atoms with van der Waals surface area (Å²) >= 11 is 6.06. The maximum atomic E-state index is 6.06. The van der Waals surface area contributed by atoms with Crippen molar-refractivity contribution in [1.29, 1.82) is 0 Å². The summed E-state index contributed by atoms with van der Waals surface area (Å²) in [6.07, 6.45) is 0. The van der Waals surface area contributed by atoms with Crippen molar-refractivity contribution in [2.75, 3.05) is 7.11 Å². The number of aromatic amines is 1. The van der Waals surface area contributed by atoms with Gasteiger partial charge < -0.3 is 15.5 Å². The second-order valence-corrected chi connectivity index (χ2v) is 3.87. The molecule has 0 aliphatic heterocycles. The molecule has 2 rings (SSSR count). The third kappa shape index (κ3) is 1.58. The highest BCUT2D eigenvalue weighted by molar-refractivity contribution is 6.32. The van der Waals surface area contributed by atoms with Crippen LogP contribution in [0.4, 0.5) is 0 Å². The van der Waals surface area contributed by atoms with Crippen LogP contribution in [0.2, 0.25) is 5.02 Å². The third-order valence-electron chi connectivity index (χ3n) is 2.60. The normalized spacial score (nSPS) is 10.9. The maximum absolute atomic E-state index is 6.06. The number of rotatable bonds is 2. The summed E-state index contributed by atoms with van der Waals surface area (Å²) in [6, 6.07) is 3.78. The number of hydrogen-bond donors (Lipinski definition) is 2. The van der Waals surface area contributed by atoms with E-state index in [2.05, 4.69) is 4.98 Å². The Bertz CT molecular complexity index is 505. The average molecular weight is 225 g/mol. The number of nitrogens with one attached hydrogen (secondary N) is 1. The van der Waals surface area contributed by atoms with Crippen molar-refractivity contribution in [1.82, 2.24) is 4.98 Å². The van der Waals surface area contributed by atoms with E-state index in [0.717, 1.165) is 22.2 Å². The minimum absolute atomic E-state index is 0.508. The second kappa shape index (κ2) is 3.76. The minimum atomic E-state index is 0.508. The van der Waals surface area contributed by atoms with Gasteiger partial charge in [-0.25, -0.2) is 0 Å². The monoisotopic (exact) mass is 224 g/mol. The van der Waals surface area contributed by atoms with Crippen LogP contribution in [0.5, 0.6) is 5.75 Å². The van der Waals surface area contributed by atoms with Crippen LogP contribution in [0.15, 0.2) is 12.1 Å². The number of nitrogens with two attached hydrogens (primary N) is 1. The number of benzene rings is 1. The fraction of sp³-hybridized carbons (Fsp3) is 0.273. The summed E-state index contributed by atoms with van der Waals surface area (Å²) in [5.41, 5.74) is 8.88. The number of halogens is 1. The van der Waals surface area contributed by atoms with Gasteiger partial charge in [0.2, 0.25) is 0 Å². The lowest BCUT2D eigenvalue weighted by molar-refractivity contribution is 0.415. The molecule has 0 saturated heterocycles. The summed E-state index contributed by atoms with van der Waals surface area (Å²) in [4.78, 5) is 3.26. The molecule has 0 unspecified atom stereocenters. The van der Waals surface area contributed by atoms with E-state index in [1.54, 1.807) is 7.11 Å². The molecule has 15 heavy (non-hydrogen) atoms. The second-order valence-electron chi connectivity index (χ2n) is 3.47. The Kier molecular flexibility index (Phi) is 2.59. The average Bonchev–Trinajstić information content (AvgIpc) is 2.51. The van der Waals surface area contributed by atoms with Crippen molar-refractivity contribution in [3.05, 3.63) is 28.4 Å². The highest BCUT2D eigenvalue weighted by Crippen LogP contribution is 2.32. The lowest BCUT2D eigenvalue weighted by Gasteiger charge is -2.03. The van der Waals surface area contributed by atoms with E-state index in [4.69, 9.17) is 22.1 Å². The van der Waals surface area contributed by atoms with Crippen molar-refractivity contribution in [3.8, 4) is 5.75 Å². The van der Waals surface area contributed by atoms with Gasteiger partial charge in [-0.15, -0.1) is 0 Å². The first-order valence-electron chi connectivity index (χ1n) is 4.72. The number of aromatic nitrogens is 1. The lowest BCUT2D eigenvalue weighted by Crippen LogP contribution is -1.96. The summed E-state index contributed by atoms with van der Waals surface area (Å²) < 4.78 is 5.15. The van der Waals surface area contributed by atoms with Crippen molar-refractivity contribution >= 4 is 22.5 Å². The van der Waals surface area contributed by atoms with Gasteiger partial charge in [-0.1, -0.05) is 11.6 Å².